The van der Waals surface area contributed by atoms with Crippen LogP contribution in [0.2, 0.25) is 0 Å². The first-order valence-electron chi connectivity index (χ1n) is 6.51. The van der Waals surface area contributed by atoms with Crippen LogP contribution < -0.4 is 4.90 Å². The summed E-state index contributed by atoms with van der Waals surface area (Å²) in [5, 5.41) is 0. The van der Waals surface area contributed by atoms with E-state index in [4.69, 9.17) is 4.74 Å². The van der Waals surface area contributed by atoms with Gasteiger partial charge in [0, 0.05) is 13.1 Å². The summed E-state index contributed by atoms with van der Waals surface area (Å²) in [5.74, 6) is 0.986. The van der Waals surface area contributed by atoms with E-state index in [0.29, 0.717) is 11.5 Å². The third-order valence-corrected chi connectivity index (χ3v) is 4.56. The predicted octanol–water partition coefficient (Wildman–Crippen LogP) is 2.63. The summed E-state index contributed by atoms with van der Waals surface area (Å²) in [6.45, 7) is 5.24. The Morgan fingerprint density at radius 2 is 2.11 bits per heavy atom. The molecule has 1 spiro atoms. The maximum atomic E-state index is 5.75. The van der Waals surface area contributed by atoms with Crippen molar-refractivity contribution in [1.29, 1.82) is 0 Å². The van der Waals surface area contributed by atoms with Gasteiger partial charge in [-0.15, -0.1) is 0 Å². The average molecular weight is 312 g/mol. The fourth-order valence-corrected chi connectivity index (χ4v) is 3.28. The zero-order chi connectivity index (χ0) is 12.6. The minimum absolute atomic E-state index is 0.429. The third-order valence-electron chi connectivity index (χ3n) is 4.15. The molecule has 3 heterocycles. The fraction of sp³-hybridized carbons (Fsp3) is 0.692. The van der Waals surface area contributed by atoms with Gasteiger partial charge in [0.2, 0.25) is 0 Å². The van der Waals surface area contributed by atoms with Gasteiger partial charge in [0.05, 0.1) is 25.1 Å². The van der Waals surface area contributed by atoms with Crippen molar-refractivity contribution in [2.45, 2.75) is 32.3 Å². The number of halogens is 1. The van der Waals surface area contributed by atoms with E-state index in [2.05, 4.69) is 37.7 Å². The first kappa shape index (κ1) is 12.4. The summed E-state index contributed by atoms with van der Waals surface area (Å²) in [4.78, 5) is 11.0. The molecule has 0 saturated carbocycles. The second-order valence-electron chi connectivity index (χ2n) is 5.51. The van der Waals surface area contributed by atoms with E-state index in [1.165, 1.54) is 19.3 Å². The number of nitrogens with zero attached hydrogens (tertiary/aromatic N) is 3. The number of ether oxygens (including phenoxy) is 1. The average Bonchev–Trinajstić information content (AvgIpc) is 2.73. The van der Waals surface area contributed by atoms with E-state index >= 15 is 0 Å². The quantitative estimate of drug-likeness (QED) is 0.799. The van der Waals surface area contributed by atoms with Crippen LogP contribution in [0.4, 0.5) is 5.82 Å². The molecule has 4 nitrogen and oxygen atoms in total. The Labute approximate surface area is 116 Å². The molecule has 0 bridgehead atoms. The molecule has 2 saturated heterocycles. The van der Waals surface area contributed by atoms with Gasteiger partial charge in [0.25, 0.3) is 0 Å². The van der Waals surface area contributed by atoms with Crippen molar-refractivity contribution in [1.82, 2.24) is 9.97 Å². The molecule has 0 radical (unpaired) electrons. The molecule has 0 unspecified atom stereocenters. The highest BCUT2D eigenvalue weighted by molar-refractivity contribution is 9.10. The molecule has 0 N–H and O–H groups in total. The molecule has 1 aromatic heterocycles. The van der Waals surface area contributed by atoms with Crippen molar-refractivity contribution >= 4 is 21.7 Å². The van der Waals surface area contributed by atoms with Crippen molar-refractivity contribution < 1.29 is 4.74 Å². The van der Waals surface area contributed by atoms with E-state index in [9.17, 15) is 0 Å². The second-order valence-corrected chi connectivity index (χ2v) is 6.32. The Bertz CT molecular complexity index is 415. The van der Waals surface area contributed by atoms with Gasteiger partial charge in [-0.05, 0) is 47.5 Å². The monoisotopic (exact) mass is 311 g/mol. The van der Waals surface area contributed by atoms with Crippen LogP contribution in [-0.4, -0.2) is 35.8 Å². The van der Waals surface area contributed by atoms with Gasteiger partial charge in [0.1, 0.15) is 10.4 Å². The van der Waals surface area contributed by atoms with Crippen LogP contribution in [0.1, 0.15) is 26.2 Å². The largest absolute Gasteiger partial charge is 0.378 e. The smallest absolute Gasteiger partial charge is 0.147 e. The summed E-state index contributed by atoms with van der Waals surface area (Å²) in [6.07, 6.45) is 7.66. The van der Waals surface area contributed by atoms with Gasteiger partial charge in [-0.1, -0.05) is 0 Å². The molecular formula is C13H18BrN3O. The summed E-state index contributed by atoms with van der Waals surface area (Å²) in [5.41, 5.74) is 0.429. The van der Waals surface area contributed by atoms with Crippen LogP contribution in [0.15, 0.2) is 17.0 Å². The summed E-state index contributed by atoms with van der Waals surface area (Å²) < 4.78 is 6.54. The highest BCUT2D eigenvalue weighted by Crippen LogP contribution is 2.42. The molecule has 0 aliphatic carbocycles. The normalized spacial score (nSPS) is 26.8. The lowest BCUT2D eigenvalue weighted by atomic mass is 9.77. The number of hydrogen-bond acceptors (Lipinski definition) is 4. The van der Waals surface area contributed by atoms with Crippen LogP contribution >= 0.6 is 15.9 Å². The Balaban J connectivity index is 1.65. The van der Waals surface area contributed by atoms with E-state index in [0.717, 1.165) is 30.1 Å². The number of anilines is 1. The molecule has 1 atom stereocenters. The summed E-state index contributed by atoms with van der Waals surface area (Å²) in [6, 6.07) is 0. The highest BCUT2D eigenvalue weighted by Gasteiger charge is 2.41. The van der Waals surface area contributed by atoms with Gasteiger partial charge in [-0.25, -0.2) is 9.97 Å². The number of rotatable bonds is 1. The van der Waals surface area contributed by atoms with Gasteiger partial charge < -0.3 is 9.64 Å². The molecule has 5 heteroatoms. The Morgan fingerprint density at radius 3 is 2.67 bits per heavy atom. The standard InChI is InChI=1S/C13H18BrN3O/c1-10-6-13(9-18-10)2-4-17(5-3-13)12-8-15-11(14)7-16-12/h7-8,10H,2-6,9H2,1H3/t10-/m0/s1. The third kappa shape index (κ3) is 2.38. The minimum Gasteiger partial charge on any atom is -0.378 e. The molecule has 2 fully saturated rings. The summed E-state index contributed by atoms with van der Waals surface area (Å²) >= 11 is 3.32. The minimum atomic E-state index is 0.429. The van der Waals surface area contributed by atoms with Crippen LogP contribution in [0, 0.1) is 5.41 Å². The van der Waals surface area contributed by atoms with E-state index < -0.39 is 0 Å². The topological polar surface area (TPSA) is 38.2 Å². The van der Waals surface area contributed by atoms with E-state index in [-0.39, 0.29) is 0 Å². The lowest BCUT2D eigenvalue weighted by Crippen LogP contribution is -2.41. The molecule has 2 aliphatic rings. The number of piperidine rings is 1. The zero-order valence-corrected chi connectivity index (χ0v) is 12.2. The SMILES string of the molecule is C[C@H]1CC2(CCN(c3cnc(Br)cn3)CC2)CO1. The van der Waals surface area contributed by atoms with Crippen molar-refractivity contribution in [2.75, 3.05) is 24.6 Å². The molecule has 3 rings (SSSR count). The van der Waals surface area contributed by atoms with Crippen LogP contribution in [0.5, 0.6) is 0 Å². The Kier molecular flexibility index (Phi) is 3.28. The number of aromatic nitrogens is 2. The summed E-state index contributed by atoms with van der Waals surface area (Å²) in [7, 11) is 0. The maximum absolute atomic E-state index is 5.75. The van der Waals surface area contributed by atoms with Crippen molar-refractivity contribution in [2.24, 2.45) is 5.41 Å². The fourth-order valence-electron chi connectivity index (χ4n) is 3.07. The number of hydrogen-bond donors (Lipinski definition) is 0. The second kappa shape index (κ2) is 4.78. The molecule has 0 aromatic carbocycles. The molecule has 1 aromatic rings. The first-order chi connectivity index (χ1) is 8.67. The molecule has 0 amide bonds. The van der Waals surface area contributed by atoms with Crippen molar-refractivity contribution in [3.05, 3.63) is 17.0 Å². The van der Waals surface area contributed by atoms with E-state index in [1.54, 1.807) is 6.20 Å². The Hall–Kier alpha value is -0.680. The molecular weight excluding hydrogens is 294 g/mol. The highest BCUT2D eigenvalue weighted by atomic mass is 79.9. The van der Waals surface area contributed by atoms with Gasteiger partial charge in [-0.3, -0.25) is 0 Å². The van der Waals surface area contributed by atoms with Gasteiger partial charge >= 0.3 is 0 Å². The van der Waals surface area contributed by atoms with Gasteiger partial charge in [-0.2, -0.15) is 0 Å². The first-order valence-corrected chi connectivity index (χ1v) is 7.30. The van der Waals surface area contributed by atoms with Gasteiger partial charge in [0.15, 0.2) is 0 Å². The maximum Gasteiger partial charge on any atom is 0.147 e. The Morgan fingerprint density at radius 1 is 1.33 bits per heavy atom. The lowest BCUT2D eigenvalue weighted by Gasteiger charge is -2.38. The van der Waals surface area contributed by atoms with E-state index in [1.807, 2.05) is 6.20 Å². The van der Waals surface area contributed by atoms with Crippen molar-refractivity contribution in [3.8, 4) is 0 Å². The zero-order valence-electron chi connectivity index (χ0n) is 10.6. The molecule has 98 valence electrons. The van der Waals surface area contributed by atoms with Crippen LogP contribution in [0.3, 0.4) is 0 Å². The predicted molar refractivity (Wildman–Crippen MR) is 73.6 cm³/mol. The molecule has 2 aliphatic heterocycles. The van der Waals surface area contributed by atoms with Crippen LogP contribution in [-0.2, 0) is 4.74 Å². The van der Waals surface area contributed by atoms with Crippen LogP contribution in [0.25, 0.3) is 0 Å². The molecule has 18 heavy (non-hydrogen) atoms. The lowest BCUT2D eigenvalue weighted by molar-refractivity contribution is 0.0976. The van der Waals surface area contributed by atoms with Crippen molar-refractivity contribution in [3.63, 3.8) is 0 Å².